The molecule has 0 bridgehead atoms. The second-order valence-electron chi connectivity index (χ2n) is 5.15. The van der Waals surface area contributed by atoms with Gasteiger partial charge in [0, 0.05) is 18.0 Å². The van der Waals surface area contributed by atoms with Crippen molar-refractivity contribution >= 4 is 0 Å². The maximum Gasteiger partial charge on any atom is 0.106 e. The second-order valence-corrected chi connectivity index (χ2v) is 5.15. The van der Waals surface area contributed by atoms with Gasteiger partial charge in [0.05, 0.1) is 23.5 Å². The van der Waals surface area contributed by atoms with Gasteiger partial charge in [-0.1, -0.05) is 26.0 Å². The predicted molar refractivity (Wildman–Crippen MR) is 80.2 cm³/mol. The number of aromatic amines is 1. The molecule has 0 amide bonds. The molecule has 0 aliphatic rings. The summed E-state index contributed by atoms with van der Waals surface area (Å²) in [5.74, 6) is 0.993. The highest BCUT2D eigenvalue weighted by atomic mass is 14.9. The first kappa shape index (κ1) is 14.3. The fourth-order valence-corrected chi connectivity index (χ4v) is 2.04. The Kier molecular flexibility index (Phi) is 4.91. The number of nitrogens with zero attached hydrogens (tertiary/aromatic N) is 2. The summed E-state index contributed by atoms with van der Waals surface area (Å²) in [6.07, 6.45) is 3.82. The van der Waals surface area contributed by atoms with Gasteiger partial charge < -0.3 is 10.3 Å². The molecule has 104 valence electrons. The van der Waals surface area contributed by atoms with E-state index in [0.717, 1.165) is 36.5 Å². The van der Waals surface area contributed by atoms with Crippen molar-refractivity contribution in [2.24, 2.45) is 0 Å². The lowest BCUT2D eigenvalue weighted by atomic mass is 10.1. The zero-order valence-corrected chi connectivity index (χ0v) is 12.0. The van der Waals surface area contributed by atoms with Crippen LogP contribution in [0.15, 0.2) is 30.5 Å². The smallest absolute Gasteiger partial charge is 0.106 e. The van der Waals surface area contributed by atoms with Crippen LogP contribution < -0.4 is 5.32 Å². The number of H-pyrrole nitrogens is 1. The molecule has 0 aliphatic carbocycles. The minimum Gasteiger partial charge on any atom is -0.342 e. The van der Waals surface area contributed by atoms with Gasteiger partial charge in [0.1, 0.15) is 5.82 Å². The quantitative estimate of drug-likeness (QED) is 0.792. The van der Waals surface area contributed by atoms with Crippen LogP contribution in [0.5, 0.6) is 0 Å². The largest absolute Gasteiger partial charge is 0.342 e. The molecule has 0 radical (unpaired) electrons. The lowest BCUT2D eigenvalue weighted by molar-refractivity contribution is 0.567. The molecule has 0 aliphatic heterocycles. The fraction of sp³-hybridized carbons (Fsp3) is 0.375. The molecule has 0 saturated carbocycles. The Morgan fingerprint density at radius 1 is 1.40 bits per heavy atom. The second kappa shape index (κ2) is 6.88. The molecule has 0 saturated heterocycles. The number of nitrogens with one attached hydrogen (secondary N) is 2. The number of imidazole rings is 1. The number of hydrogen-bond donors (Lipinski definition) is 2. The van der Waals surface area contributed by atoms with Crippen molar-refractivity contribution in [3.63, 3.8) is 0 Å². The van der Waals surface area contributed by atoms with Gasteiger partial charge in [-0.15, -0.1) is 0 Å². The summed E-state index contributed by atoms with van der Waals surface area (Å²) < 4.78 is 0. The molecule has 20 heavy (non-hydrogen) atoms. The highest BCUT2D eigenvalue weighted by Gasteiger charge is 2.04. The van der Waals surface area contributed by atoms with E-state index in [1.54, 1.807) is 6.07 Å². The van der Waals surface area contributed by atoms with Crippen LogP contribution in [0, 0.1) is 11.3 Å². The summed E-state index contributed by atoms with van der Waals surface area (Å²) in [5, 5.41) is 12.3. The van der Waals surface area contributed by atoms with E-state index in [0.29, 0.717) is 11.6 Å². The monoisotopic (exact) mass is 268 g/mol. The number of aromatic nitrogens is 2. The molecule has 4 nitrogen and oxygen atoms in total. The van der Waals surface area contributed by atoms with Crippen molar-refractivity contribution in [2.45, 2.75) is 32.7 Å². The Morgan fingerprint density at radius 2 is 2.25 bits per heavy atom. The van der Waals surface area contributed by atoms with E-state index in [4.69, 9.17) is 5.26 Å². The molecule has 2 aromatic rings. The van der Waals surface area contributed by atoms with E-state index in [-0.39, 0.29) is 0 Å². The summed E-state index contributed by atoms with van der Waals surface area (Å²) in [6, 6.07) is 10.2. The molecule has 1 heterocycles. The Hall–Kier alpha value is -2.12. The van der Waals surface area contributed by atoms with Crippen LogP contribution in [-0.4, -0.2) is 22.6 Å². The first-order valence-electron chi connectivity index (χ1n) is 6.97. The first-order chi connectivity index (χ1) is 9.69. The van der Waals surface area contributed by atoms with Gasteiger partial charge in [-0.3, -0.25) is 0 Å². The number of rotatable bonds is 6. The third kappa shape index (κ3) is 3.94. The van der Waals surface area contributed by atoms with Crippen LogP contribution in [-0.2, 0) is 6.42 Å². The van der Waals surface area contributed by atoms with Crippen LogP contribution >= 0.6 is 0 Å². The van der Waals surface area contributed by atoms with Gasteiger partial charge in [-0.25, -0.2) is 4.98 Å². The summed E-state index contributed by atoms with van der Waals surface area (Å²) in [6.45, 7) is 5.29. The zero-order chi connectivity index (χ0) is 14.4. The highest BCUT2D eigenvalue weighted by molar-refractivity contribution is 5.60. The molecule has 4 heteroatoms. The van der Waals surface area contributed by atoms with Crippen LogP contribution in [0.25, 0.3) is 11.3 Å². The lowest BCUT2D eigenvalue weighted by Crippen LogP contribution is -2.24. The molecule has 1 aromatic carbocycles. The van der Waals surface area contributed by atoms with E-state index in [2.05, 4.69) is 35.2 Å². The maximum absolute atomic E-state index is 8.92. The van der Waals surface area contributed by atoms with Crippen molar-refractivity contribution in [1.29, 1.82) is 5.26 Å². The van der Waals surface area contributed by atoms with Gasteiger partial charge in [0.2, 0.25) is 0 Å². The van der Waals surface area contributed by atoms with Crippen molar-refractivity contribution in [3.05, 3.63) is 41.9 Å². The Morgan fingerprint density at radius 3 is 3.00 bits per heavy atom. The molecular formula is C16H20N4. The van der Waals surface area contributed by atoms with Crippen molar-refractivity contribution in [2.75, 3.05) is 6.54 Å². The number of nitriles is 1. The molecule has 0 atom stereocenters. The standard InChI is InChI=1S/C16H20N4/c1-12(2)18-8-4-7-16-19-11-15(20-16)14-6-3-5-13(9-14)10-17/h3,5-6,9,11-12,18H,4,7-8H2,1-2H3,(H,19,20). The van der Waals surface area contributed by atoms with Gasteiger partial charge in [0.25, 0.3) is 0 Å². The summed E-state index contributed by atoms with van der Waals surface area (Å²) in [7, 11) is 0. The van der Waals surface area contributed by atoms with E-state index < -0.39 is 0 Å². The Balaban J connectivity index is 1.96. The Labute approximate surface area is 119 Å². The van der Waals surface area contributed by atoms with Crippen LogP contribution in [0.3, 0.4) is 0 Å². The van der Waals surface area contributed by atoms with Gasteiger partial charge in [-0.05, 0) is 25.1 Å². The van der Waals surface area contributed by atoms with E-state index in [1.807, 2.05) is 24.4 Å². The third-order valence-electron chi connectivity index (χ3n) is 3.07. The van der Waals surface area contributed by atoms with E-state index >= 15 is 0 Å². The molecular weight excluding hydrogens is 248 g/mol. The lowest BCUT2D eigenvalue weighted by Gasteiger charge is -2.06. The highest BCUT2D eigenvalue weighted by Crippen LogP contribution is 2.18. The molecule has 0 spiro atoms. The minimum atomic E-state index is 0.524. The molecule has 2 rings (SSSR count). The van der Waals surface area contributed by atoms with Gasteiger partial charge in [-0.2, -0.15) is 5.26 Å². The minimum absolute atomic E-state index is 0.524. The molecule has 0 fully saturated rings. The van der Waals surface area contributed by atoms with E-state index in [9.17, 15) is 0 Å². The average molecular weight is 268 g/mol. The van der Waals surface area contributed by atoms with Crippen LogP contribution in [0.4, 0.5) is 0 Å². The molecule has 0 unspecified atom stereocenters. The molecule has 2 N–H and O–H groups in total. The number of benzene rings is 1. The normalized spacial score (nSPS) is 10.7. The predicted octanol–water partition coefficient (Wildman–Crippen LogP) is 2.88. The fourth-order valence-electron chi connectivity index (χ4n) is 2.04. The van der Waals surface area contributed by atoms with Crippen LogP contribution in [0.1, 0.15) is 31.7 Å². The van der Waals surface area contributed by atoms with Crippen molar-refractivity contribution < 1.29 is 0 Å². The first-order valence-corrected chi connectivity index (χ1v) is 6.97. The van der Waals surface area contributed by atoms with Gasteiger partial charge >= 0.3 is 0 Å². The third-order valence-corrected chi connectivity index (χ3v) is 3.07. The SMILES string of the molecule is CC(C)NCCCc1ncc(-c2cccc(C#N)c2)[nH]1. The zero-order valence-electron chi connectivity index (χ0n) is 12.0. The molecule has 1 aromatic heterocycles. The Bertz CT molecular complexity index is 593. The van der Waals surface area contributed by atoms with Crippen molar-refractivity contribution in [1.82, 2.24) is 15.3 Å². The van der Waals surface area contributed by atoms with Gasteiger partial charge in [0.15, 0.2) is 0 Å². The average Bonchev–Trinajstić information content (AvgIpc) is 2.92. The topological polar surface area (TPSA) is 64.5 Å². The van der Waals surface area contributed by atoms with E-state index in [1.165, 1.54) is 0 Å². The summed E-state index contributed by atoms with van der Waals surface area (Å²) in [4.78, 5) is 7.72. The number of hydrogen-bond acceptors (Lipinski definition) is 3. The summed E-state index contributed by atoms with van der Waals surface area (Å²) >= 11 is 0. The maximum atomic E-state index is 8.92. The number of aryl methyl sites for hydroxylation is 1. The van der Waals surface area contributed by atoms with Crippen molar-refractivity contribution in [3.8, 4) is 17.3 Å². The van der Waals surface area contributed by atoms with Crippen LogP contribution in [0.2, 0.25) is 0 Å². The summed E-state index contributed by atoms with van der Waals surface area (Å²) in [5.41, 5.74) is 2.64.